The molecule has 0 aliphatic rings. The van der Waals surface area contributed by atoms with Gasteiger partial charge in [-0.1, -0.05) is 32.6 Å². The van der Waals surface area contributed by atoms with Crippen molar-refractivity contribution in [2.75, 3.05) is 13.7 Å². The van der Waals surface area contributed by atoms with Crippen LogP contribution < -0.4 is 0 Å². The highest BCUT2D eigenvalue weighted by atomic mass is 32.1. The molecule has 1 N–H and O–H groups in total. The van der Waals surface area contributed by atoms with E-state index in [0.29, 0.717) is 19.4 Å². The number of hydrogen-bond donors (Lipinski definition) is 1. The summed E-state index contributed by atoms with van der Waals surface area (Å²) in [5.74, 6) is 6.07. The Kier molecular flexibility index (Phi) is 6.25. The molecule has 4 heteroatoms. The van der Waals surface area contributed by atoms with Crippen molar-refractivity contribution in [3.63, 3.8) is 0 Å². The average molecular weight is 293 g/mol. The second-order valence-electron chi connectivity index (χ2n) is 6.06. The molecule has 1 heterocycles. The Bertz CT molecular complexity index is 503. The molecule has 0 fully saturated rings. The zero-order valence-electron chi connectivity index (χ0n) is 12.7. The van der Waals surface area contributed by atoms with Gasteiger partial charge in [0, 0.05) is 35.7 Å². The minimum Gasteiger partial charge on any atom is -0.395 e. The minimum absolute atomic E-state index is 0.0156. The molecular formula is C16H23NO2S. The van der Waals surface area contributed by atoms with E-state index in [1.165, 1.54) is 0 Å². The number of aliphatic hydroxyl groups is 1. The lowest BCUT2D eigenvalue weighted by Crippen LogP contribution is -2.29. The highest BCUT2D eigenvalue weighted by Gasteiger charge is 2.19. The van der Waals surface area contributed by atoms with Crippen molar-refractivity contribution in [1.29, 1.82) is 0 Å². The SMILES string of the molecule is CN(Cc1cc(C#CCCO)cs1)C(=O)CC(C)(C)C. The minimum atomic E-state index is 0.0156. The number of carbonyl (C=O) groups excluding carboxylic acids is 1. The van der Waals surface area contributed by atoms with Crippen LogP contribution in [-0.4, -0.2) is 29.6 Å². The molecule has 0 saturated carbocycles. The van der Waals surface area contributed by atoms with Crippen LogP contribution in [0.4, 0.5) is 0 Å². The maximum atomic E-state index is 12.1. The average Bonchev–Trinajstić information content (AvgIpc) is 2.75. The van der Waals surface area contributed by atoms with Crippen LogP contribution in [0.5, 0.6) is 0 Å². The summed E-state index contributed by atoms with van der Waals surface area (Å²) in [4.78, 5) is 14.9. The fraction of sp³-hybridized carbons (Fsp3) is 0.562. The van der Waals surface area contributed by atoms with Gasteiger partial charge in [0.05, 0.1) is 13.2 Å². The molecule has 110 valence electrons. The molecule has 0 atom stereocenters. The fourth-order valence-electron chi connectivity index (χ4n) is 1.66. The van der Waals surface area contributed by atoms with Crippen LogP contribution in [0.25, 0.3) is 0 Å². The number of aliphatic hydroxyl groups excluding tert-OH is 1. The molecule has 1 aromatic rings. The van der Waals surface area contributed by atoms with Gasteiger partial charge in [-0.3, -0.25) is 4.79 Å². The Balaban J connectivity index is 2.57. The normalized spacial score (nSPS) is 10.8. The van der Waals surface area contributed by atoms with E-state index in [9.17, 15) is 4.79 Å². The third-order valence-corrected chi connectivity index (χ3v) is 3.55. The summed E-state index contributed by atoms with van der Waals surface area (Å²) >= 11 is 1.61. The first-order valence-electron chi connectivity index (χ1n) is 6.73. The molecule has 0 spiro atoms. The lowest BCUT2D eigenvalue weighted by Gasteiger charge is -2.22. The van der Waals surface area contributed by atoms with E-state index in [-0.39, 0.29) is 17.9 Å². The Morgan fingerprint density at radius 1 is 1.45 bits per heavy atom. The number of thiophene rings is 1. The lowest BCUT2D eigenvalue weighted by atomic mass is 9.92. The van der Waals surface area contributed by atoms with Crippen LogP contribution in [0.1, 0.15) is 44.1 Å². The van der Waals surface area contributed by atoms with Crippen molar-refractivity contribution in [3.05, 3.63) is 21.9 Å². The van der Waals surface area contributed by atoms with E-state index < -0.39 is 0 Å². The zero-order valence-corrected chi connectivity index (χ0v) is 13.5. The van der Waals surface area contributed by atoms with Gasteiger partial charge in [-0.05, 0) is 11.5 Å². The van der Waals surface area contributed by atoms with Gasteiger partial charge in [0.25, 0.3) is 0 Å². The van der Waals surface area contributed by atoms with Gasteiger partial charge in [-0.2, -0.15) is 0 Å². The molecule has 0 radical (unpaired) electrons. The standard InChI is InChI=1S/C16H23NO2S/c1-16(2,3)10-15(19)17(4)11-14-9-13(12-20-14)7-5-6-8-18/h9,12,18H,6,8,10-11H2,1-4H3. The quantitative estimate of drug-likeness (QED) is 0.867. The van der Waals surface area contributed by atoms with Gasteiger partial charge >= 0.3 is 0 Å². The van der Waals surface area contributed by atoms with E-state index in [1.807, 2.05) is 18.5 Å². The summed E-state index contributed by atoms with van der Waals surface area (Å²) in [5.41, 5.74) is 0.969. The Labute approximate surface area is 125 Å². The molecule has 3 nitrogen and oxygen atoms in total. The maximum Gasteiger partial charge on any atom is 0.223 e. The van der Waals surface area contributed by atoms with Crippen LogP contribution in [0.15, 0.2) is 11.4 Å². The maximum absolute atomic E-state index is 12.1. The molecule has 20 heavy (non-hydrogen) atoms. The smallest absolute Gasteiger partial charge is 0.223 e. The van der Waals surface area contributed by atoms with Crippen molar-refractivity contribution in [2.24, 2.45) is 5.41 Å². The predicted octanol–water partition coefficient (Wildman–Crippen LogP) is 2.88. The van der Waals surface area contributed by atoms with E-state index in [1.54, 1.807) is 16.2 Å². The van der Waals surface area contributed by atoms with Gasteiger partial charge in [0.1, 0.15) is 0 Å². The Morgan fingerprint density at radius 3 is 2.75 bits per heavy atom. The lowest BCUT2D eigenvalue weighted by molar-refractivity contribution is -0.132. The van der Waals surface area contributed by atoms with Crippen molar-refractivity contribution < 1.29 is 9.90 Å². The number of amides is 1. The number of carbonyl (C=O) groups is 1. The first-order valence-corrected chi connectivity index (χ1v) is 7.61. The summed E-state index contributed by atoms with van der Waals surface area (Å²) in [7, 11) is 1.84. The molecule has 0 bridgehead atoms. The number of hydrogen-bond acceptors (Lipinski definition) is 3. The molecule has 1 amide bonds. The molecule has 1 aromatic heterocycles. The van der Waals surface area contributed by atoms with Crippen LogP contribution >= 0.6 is 11.3 Å². The molecule has 0 aliphatic heterocycles. The second-order valence-corrected chi connectivity index (χ2v) is 7.06. The van der Waals surface area contributed by atoms with Gasteiger partial charge in [0.2, 0.25) is 5.91 Å². The molecule has 0 unspecified atom stereocenters. The predicted molar refractivity (Wildman–Crippen MR) is 83.4 cm³/mol. The van der Waals surface area contributed by atoms with Crippen LogP contribution in [-0.2, 0) is 11.3 Å². The van der Waals surface area contributed by atoms with Crippen LogP contribution in [0.2, 0.25) is 0 Å². The van der Waals surface area contributed by atoms with E-state index in [0.717, 1.165) is 10.4 Å². The van der Waals surface area contributed by atoms with Gasteiger partial charge in [0.15, 0.2) is 0 Å². The highest BCUT2D eigenvalue weighted by Crippen LogP contribution is 2.21. The van der Waals surface area contributed by atoms with Gasteiger partial charge in [-0.15, -0.1) is 11.3 Å². The van der Waals surface area contributed by atoms with Crippen molar-refractivity contribution in [3.8, 4) is 11.8 Å². The highest BCUT2D eigenvalue weighted by molar-refractivity contribution is 7.10. The first-order chi connectivity index (χ1) is 9.31. The monoisotopic (exact) mass is 293 g/mol. The molecular weight excluding hydrogens is 270 g/mol. The largest absolute Gasteiger partial charge is 0.395 e. The first kappa shape index (κ1) is 16.7. The summed E-state index contributed by atoms with van der Waals surface area (Å²) in [6, 6.07) is 2.01. The van der Waals surface area contributed by atoms with Crippen LogP contribution in [0.3, 0.4) is 0 Å². The number of rotatable bonds is 4. The van der Waals surface area contributed by atoms with Gasteiger partial charge in [-0.25, -0.2) is 0 Å². The summed E-state index contributed by atoms with van der Waals surface area (Å²) in [6.45, 7) is 6.92. The summed E-state index contributed by atoms with van der Waals surface area (Å²) in [6.07, 6.45) is 1.05. The van der Waals surface area contributed by atoms with Crippen molar-refractivity contribution in [2.45, 2.75) is 40.2 Å². The molecule has 0 saturated heterocycles. The van der Waals surface area contributed by atoms with E-state index >= 15 is 0 Å². The van der Waals surface area contributed by atoms with Crippen molar-refractivity contribution in [1.82, 2.24) is 4.90 Å². The zero-order chi connectivity index (χ0) is 15.2. The topological polar surface area (TPSA) is 40.5 Å². The summed E-state index contributed by atoms with van der Waals surface area (Å²) < 4.78 is 0. The Morgan fingerprint density at radius 2 is 2.15 bits per heavy atom. The Hall–Kier alpha value is -1.31. The molecule has 0 aliphatic carbocycles. The molecule has 0 aromatic carbocycles. The third kappa shape index (κ3) is 6.23. The van der Waals surface area contributed by atoms with Crippen molar-refractivity contribution >= 4 is 17.2 Å². The van der Waals surface area contributed by atoms with Gasteiger partial charge < -0.3 is 10.0 Å². The summed E-state index contributed by atoms with van der Waals surface area (Å²) in [5, 5.41) is 10.7. The van der Waals surface area contributed by atoms with E-state index in [4.69, 9.17) is 5.11 Å². The molecule has 1 rings (SSSR count). The fourth-order valence-corrected chi connectivity index (χ4v) is 2.53. The second kappa shape index (κ2) is 7.47. The van der Waals surface area contributed by atoms with E-state index in [2.05, 4.69) is 32.6 Å². The third-order valence-electron chi connectivity index (χ3n) is 2.62. The van der Waals surface area contributed by atoms with Crippen LogP contribution in [0, 0.1) is 17.3 Å². The number of nitrogens with zero attached hydrogens (tertiary/aromatic N) is 1.